The topological polar surface area (TPSA) is 61.7 Å². The van der Waals surface area contributed by atoms with Crippen molar-refractivity contribution in [2.24, 2.45) is 4.99 Å². The summed E-state index contributed by atoms with van der Waals surface area (Å²) in [4.78, 5) is 15.3. The summed E-state index contributed by atoms with van der Waals surface area (Å²) in [6.45, 7) is 5.14. The molecule has 2 aromatic rings. The van der Waals surface area contributed by atoms with E-state index in [0.717, 1.165) is 11.1 Å². The number of phenols is 1. The summed E-state index contributed by atoms with van der Waals surface area (Å²) in [5, 5.41) is 13.3. The van der Waals surface area contributed by atoms with Crippen LogP contribution in [0.1, 0.15) is 23.6 Å². The number of aryl methyl sites for hydroxylation is 1. The van der Waals surface area contributed by atoms with Crippen molar-refractivity contribution < 1.29 is 9.90 Å². The molecule has 0 atom stereocenters. The summed E-state index contributed by atoms with van der Waals surface area (Å²) in [6, 6.07) is 8.72. The molecule has 22 heavy (non-hydrogen) atoms. The zero-order valence-corrected chi connectivity index (χ0v) is 13.4. The lowest BCUT2D eigenvalue weighted by Crippen LogP contribution is -2.04. The number of aromatic hydroxyl groups is 1. The molecular formula is C17H17ClN2O2. The molecular weight excluding hydrogens is 300 g/mol. The van der Waals surface area contributed by atoms with Crippen LogP contribution in [-0.4, -0.2) is 17.2 Å². The number of amides is 1. The van der Waals surface area contributed by atoms with E-state index < -0.39 is 0 Å². The second-order valence-corrected chi connectivity index (χ2v) is 5.43. The first-order valence-electron chi connectivity index (χ1n) is 6.79. The largest absolute Gasteiger partial charge is 0.507 e. The van der Waals surface area contributed by atoms with E-state index in [4.69, 9.17) is 11.6 Å². The molecule has 4 nitrogen and oxygen atoms in total. The van der Waals surface area contributed by atoms with Crippen LogP contribution in [0.4, 0.5) is 11.4 Å². The number of halogens is 1. The molecule has 0 fully saturated rings. The van der Waals surface area contributed by atoms with Crippen molar-refractivity contribution in [1.82, 2.24) is 0 Å². The minimum absolute atomic E-state index is 0.119. The predicted octanol–water partition coefficient (Wildman–Crippen LogP) is 4.37. The number of carbonyl (C=O) groups is 1. The van der Waals surface area contributed by atoms with Crippen LogP contribution in [0.5, 0.6) is 5.75 Å². The zero-order valence-electron chi connectivity index (χ0n) is 12.6. The summed E-state index contributed by atoms with van der Waals surface area (Å²) < 4.78 is 0. The molecule has 0 saturated heterocycles. The van der Waals surface area contributed by atoms with E-state index in [1.165, 1.54) is 6.92 Å². The van der Waals surface area contributed by atoms with Crippen LogP contribution in [-0.2, 0) is 4.79 Å². The van der Waals surface area contributed by atoms with Gasteiger partial charge in [0.05, 0.1) is 5.69 Å². The Morgan fingerprint density at radius 2 is 1.91 bits per heavy atom. The van der Waals surface area contributed by atoms with Gasteiger partial charge in [0.1, 0.15) is 5.75 Å². The highest BCUT2D eigenvalue weighted by molar-refractivity contribution is 6.32. The van der Waals surface area contributed by atoms with Gasteiger partial charge in [-0.1, -0.05) is 11.6 Å². The molecule has 0 aromatic heterocycles. The van der Waals surface area contributed by atoms with Crippen molar-refractivity contribution in [3.63, 3.8) is 0 Å². The summed E-state index contributed by atoms with van der Waals surface area (Å²) in [6.07, 6.45) is 1.59. The molecule has 0 unspecified atom stereocenters. The van der Waals surface area contributed by atoms with Crippen molar-refractivity contribution in [1.29, 1.82) is 0 Å². The van der Waals surface area contributed by atoms with Crippen molar-refractivity contribution in [2.45, 2.75) is 20.8 Å². The highest BCUT2D eigenvalue weighted by atomic mass is 35.5. The van der Waals surface area contributed by atoms with Gasteiger partial charge in [0, 0.05) is 29.4 Å². The van der Waals surface area contributed by atoms with E-state index in [0.29, 0.717) is 22.0 Å². The first-order chi connectivity index (χ1) is 10.4. The molecule has 114 valence electrons. The number of hydrogen-bond donors (Lipinski definition) is 2. The predicted molar refractivity (Wildman–Crippen MR) is 90.6 cm³/mol. The Kier molecular flexibility index (Phi) is 4.83. The monoisotopic (exact) mass is 316 g/mol. The Hall–Kier alpha value is -2.33. The molecule has 0 aliphatic carbocycles. The molecule has 5 heteroatoms. The van der Waals surface area contributed by atoms with Gasteiger partial charge in [-0.05, 0) is 55.3 Å². The van der Waals surface area contributed by atoms with Gasteiger partial charge < -0.3 is 10.4 Å². The maximum absolute atomic E-state index is 11.0. The first kappa shape index (κ1) is 16.0. The first-order valence-corrected chi connectivity index (χ1v) is 7.16. The summed E-state index contributed by atoms with van der Waals surface area (Å²) >= 11 is 6.19. The lowest BCUT2D eigenvalue weighted by Gasteiger charge is -2.08. The summed E-state index contributed by atoms with van der Waals surface area (Å²) in [5.41, 5.74) is 3.64. The Bertz CT molecular complexity index is 737. The summed E-state index contributed by atoms with van der Waals surface area (Å²) in [5.74, 6) is 0.0316. The molecule has 0 spiro atoms. The second-order valence-electron chi connectivity index (χ2n) is 5.05. The number of nitrogens with one attached hydrogen (secondary N) is 1. The smallest absolute Gasteiger partial charge is 0.221 e. The Morgan fingerprint density at radius 3 is 2.50 bits per heavy atom. The molecule has 0 radical (unpaired) electrons. The molecule has 2 aromatic carbocycles. The van der Waals surface area contributed by atoms with Crippen LogP contribution in [0.2, 0.25) is 5.02 Å². The van der Waals surface area contributed by atoms with Gasteiger partial charge in [0.25, 0.3) is 0 Å². The molecule has 0 heterocycles. The van der Waals surface area contributed by atoms with E-state index in [1.807, 2.05) is 13.8 Å². The van der Waals surface area contributed by atoms with Gasteiger partial charge in [-0.25, -0.2) is 0 Å². The third-order valence-electron chi connectivity index (χ3n) is 3.24. The molecule has 2 N–H and O–H groups in total. The maximum atomic E-state index is 11.0. The van der Waals surface area contributed by atoms with Crippen LogP contribution in [0, 0.1) is 13.8 Å². The second kappa shape index (κ2) is 6.62. The highest BCUT2D eigenvalue weighted by Gasteiger charge is 2.09. The number of nitrogens with zero attached hydrogens (tertiary/aromatic N) is 1. The quantitative estimate of drug-likeness (QED) is 0.826. The number of aliphatic imine (C=N–C) groups is 1. The third kappa shape index (κ3) is 3.65. The Labute approximate surface area is 134 Å². The standard InChI is InChI=1S/C17H17ClN2O2/c1-10-8-16(22)15(11(2)17(10)18)9-19-13-4-6-14(7-5-13)20-12(3)21/h4-9,22H,1-3H3,(H,20,21). The van der Waals surface area contributed by atoms with Gasteiger partial charge in [-0.15, -0.1) is 0 Å². The van der Waals surface area contributed by atoms with Gasteiger partial charge in [0.15, 0.2) is 0 Å². The lowest BCUT2D eigenvalue weighted by molar-refractivity contribution is -0.114. The number of benzene rings is 2. The average molecular weight is 317 g/mol. The number of hydrogen-bond acceptors (Lipinski definition) is 3. The fraction of sp³-hybridized carbons (Fsp3) is 0.176. The van der Waals surface area contributed by atoms with Gasteiger partial charge in [0.2, 0.25) is 5.91 Å². The Morgan fingerprint density at radius 1 is 1.27 bits per heavy atom. The van der Waals surface area contributed by atoms with E-state index in [1.54, 1.807) is 36.5 Å². The number of phenolic OH excluding ortho intramolecular Hbond substituents is 1. The van der Waals surface area contributed by atoms with Crippen LogP contribution >= 0.6 is 11.6 Å². The average Bonchev–Trinajstić information content (AvgIpc) is 2.46. The van der Waals surface area contributed by atoms with Crippen molar-refractivity contribution in [2.75, 3.05) is 5.32 Å². The molecule has 0 saturated carbocycles. The van der Waals surface area contributed by atoms with Crippen LogP contribution < -0.4 is 5.32 Å². The minimum Gasteiger partial charge on any atom is -0.507 e. The minimum atomic E-state index is -0.119. The fourth-order valence-electron chi connectivity index (χ4n) is 2.09. The molecule has 0 aliphatic rings. The molecule has 0 bridgehead atoms. The fourth-order valence-corrected chi connectivity index (χ4v) is 2.24. The van der Waals surface area contributed by atoms with Crippen LogP contribution in [0.25, 0.3) is 0 Å². The molecule has 1 amide bonds. The van der Waals surface area contributed by atoms with Crippen molar-refractivity contribution >= 4 is 35.1 Å². The number of anilines is 1. The number of rotatable bonds is 3. The third-order valence-corrected chi connectivity index (χ3v) is 3.82. The van der Waals surface area contributed by atoms with Crippen LogP contribution in [0.15, 0.2) is 35.3 Å². The number of carbonyl (C=O) groups excluding carboxylic acids is 1. The normalized spacial score (nSPS) is 10.9. The van der Waals surface area contributed by atoms with Gasteiger partial charge in [-0.3, -0.25) is 9.79 Å². The SMILES string of the molecule is CC(=O)Nc1ccc(N=Cc2c(O)cc(C)c(Cl)c2C)cc1. The lowest BCUT2D eigenvalue weighted by atomic mass is 10.0. The van der Waals surface area contributed by atoms with Crippen molar-refractivity contribution in [3.8, 4) is 5.75 Å². The van der Waals surface area contributed by atoms with E-state index >= 15 is 0 Å². The Balaban J connectivity index is 2.26. The van der Waals surface area contributed by atoms with Gasteiger partial charge in [-0.2, -0.15) is 0 Å². The summed E-state index contributed by atoms with van der Waals surface area (Å²) in [7, 11) is 0. The van der Waals surface area contributed by atoms with Crippen molar-refractivity contribution in [3.05, 3.63) is 52.0 Å². The van der Waals surface area contributed by atoms with E-state index in [2.05, 4.69) is 10.3 Å². The highest BCUT2D eigenvalue weighted by Crippen LogP contribution is 2.30. The molecule has 0 aliphatic heterocycles. The van der Waals surface area contributed by atoms with E-state index in [-0.39, 0.29) is 11.7 Å². The van der Waals surface area contributed by atoms with Gasteiger partial charge >= 0.3 is 0 Å². The van der Waals surface area contributed by atoms with Crippen LogP contribution in [0.3, 0.4) is 0 Å². The molecule has 2 rings (SSSR count). The maximum Gasteiger partial charge on any atom is 0.221 e. The zero-order chi connectivity index (χ0) is 16.3. The van der Waals surface area contributed by atoms with E-state index in [9.17, 15) is 9.90 Å².